The van der Waals surface area contributed by atoms with Crippen molar-refractivity contribution in [1.82, 2.24) is 9.80 Å². The molecule has 0 bridgehead atoms. The SMILES string of the molecule is O=C(c1cccc(F)c1)N1CCN(Cc2ccccc2Br)CC1. The van der Waals surface area contributed by atoms with Gasteiger partial charge in [-0.1, -0.05) is 40.2 Å². The van der Waals surface area contributed by atoms with Crippen LogP contribution in [0.25, 0.3) is 0 Å². The molecule has 0 N–H and O–H groups in total. The first kappa shape index (κ1) is 16.1. The van der Waals surface area contributed by atoms with E-state index in [0.29, 0.717) is 18.7 Å². The maximum atomic E-state index is 13.3. The Morgan fingerprint density at radius 2 is 1.78 bits per heavy atom. The van der Waals surface area contributed by atoms with Crippen molar-refractivity contribution in [2.75, 3.05) is 26.2 Å². The Bertz CT molecular complexity index is 699. The molecule has 0 spiro atoms. The van der Waals surface area contributed by atoms with Gasteiger partial charge in [-0.2, -0.15) is 0 Å². The van der Waals surface area contributed by atoms with Crippen molar-refractivity contribution in [3.05, 3.63) is 69.9 Å². The van der Waals surface area contributed by atoms with E-state index in [4.69, 9.17) is 0 Å². The number of halogens is 2. The molecule has 1 fully saturated rings. The molecule has 1 aliphatic rings. The first-order valence-corrected chi connectivity index (χ1v) is 8.43. The molecule has 1 amide bonds. The lowest BCUT2D eigenvalue weighted by molar-refractivity contribution is 0.0628. The van der Waals surface area contributed by atoms with Crippen LogP contribution in [0.15, 0.2) is 53.0 Å². The van der Waals surface area contributed by atoms with Crippen LogP contribution < -0.4 is 0 Å². The van der Waals surface area contributed by atoms with E-state index in [1.165, 1.54) is 17.7 Å². The molecular formula is C18H18BrFN2O. The highest BCUT2D eigenvalue weighted by Crippen LogP contribution is 2.19. The van der Waals surface area contributed by atoms with Crippen LogP contribution in [-0.4, -0.2) is 41.9 Å². The van der Waals surface area contributed by atoms with Crippen LogP contribution >= 0.6 is 15.9 Å². The van der Waals surface area contributed by atoms with E-state index in [-0.39, 0.29) is 11.7 Å². The molecule has 0 atom stereocenters. The summed E-state index contributed by atoms with van der Waals surface area (Å²) in [5, 5.41) is 0. The number of piperazine rings is 1. The highest BCUT2D eigenvalue weighted by Gasteiger charge is 2.22. The average Bonchev–Trinajstić information content (AvgIpc) is 2.57. The normalized spacial score (nSPS) is 15.7. The summed E-state index contributed by atoms with van der Waals surface area (Å²) in [6, 6.07) is 14.1. The number of carbonyl (C=O) groups excluding carboxylic acids is 1. The van der Waals surface area contributed by atoms with Crippen LogP contribution in [-0.2, 0) is 6.54 Å². The topological polar surface area (TPSA) is 23.6 Å². The van der Waals surface area contributed by atoms with Crippen molar-refractivity contribution in [2.24, 2.45) is 0 Å². The van der Waals surface area contributed by atoms with Gasteiger partial charge in [0, 0.05) is 42.8 Å². The number of nitrogens with zero attached hydrogens (tertiary/aromatic N) is 2. The summed E-state index contributed by atoms with van der Waals surface area (Å²) in [4.78, 5) is 16.5. The van der Waals surface area contributed by atoms with Gasteiger partial charge in [0.2, 0.25) is 0 Å². The van der Waals surface area contributed by atoms with Crippen LogP contribution in [0.4, 0.5) is 4.39 Å². The van der Waals surface area contributed by atoms with Crippen LogP contribution in [0.3, 0.4) is 0 Å². The minimum atomic E-state index is -0.372. The summed E-state index contributed by atoms with van der Waals surface area (Å²) in [5.74, 6) is -0.464. The van der Waals surface area contributed by atoms with Gasteiger partial charge in [0.05, 0.1) is 0 Å². The fourth-order valence-corrected chi connectivity index (χ4v) is 3.19. The standard InChI is InChI=1S/C18H18BrFN2O/c19-17-7-2-1-4-15(17)13-21-8-10-22(11-9-21)18(23)14-5-3-6-16(20)12-14/h1-7,12H,8-11,13H2. The number of benzene rings is 2. The molecular weight excluding hydrogens is 359 g/mol. The number of hydrogen-bond donors (Lipinski definition) is 0. The third kappa shape index (κ3) is 3.98. The Hall–Kier alpha value is -1.72. The van der Waals surface area contributed by atoms with Gasteiger partial charge in [-0.05, 0) is 29.8 Å². The second kappa shape index (κ2) is 7.23. The summed E-state index contributed by atoms with van der Waals surface area (Å²) >= 11 is 3.57. The highest BCUT2D eigenvalue weighted by atomic mass is 79.9. The Kier molecular flexibility index (Phi) is 5.08. The van der Waals surface area contributed by atoms with E-state index in [9.17, 15) is 9.18 Å². The van der Waals surface area contributed by atoms with E-state index in [1.807, 2.05) is 18.2 Å². The molecule has 2 aromatic carbocycles. The summed E-state index contributed by atoms with van der Waals surface area (Å²) in [6.45, 7) is 3.84. The predicted molar refractivity (Wildman–Crippen MR) is 91.7 cm³/mol. The largest absolute Gasteiger partial charge is 0.336 e. The Morgan fingerprint density at radius 1 is 1.04 bits per heavy atom. The first-order valence-electron chi connectivity index (χ1n) is 7.64. The minimum Gasteiger partial charge on any atom is -0.336 e. The van der Waals surface area contributed by atoms with Crippen molar-refractivity contribution in [3.63, 3.8) is 0 Å². The second-order valence-electron chi connectivity index (χ2n) is 5.67. The molecule has 23 heavy (non-hydrogen) atoms. The maximum Gasteiger partial charge on any atom is 0.254 e. The Balaban J connectivity index is 1.58. The fraction of sp³-hybridized carbons (Fsp3) is 0.278. The molecule has 0 unspecified atom stereocenters. The molecule has 0 aromatic heterocycles. The molecule has 0 saturated carbocycles. The van der Waals surface area contributed by atoms with Gasteiger partial charge >= 0.3 is 0 Å². The zero-order chi connectivity index (χ0) is 16.2. The van der Waals surface area contributed by atoms with Crippen LogP contribution in [0.5, 0.6) is 0 Å². The fourth-order valence-electron chi connectivity index (χ4n) is 2.78. The molecule has 2 aromatic rings. The summed E-state index contributed by atoms with van der Waals surface area (Å²) in [6.07, 6.45) is 0. The number of rotatable bonds is 3. The van der Waals surface area contributed by atoms with Crippen molar-refractivity contribution < 1.29 is 9.18 Å². The van der Waals surface area contributed by atoms with Gasteiger partial charge in [0.1, 0.15) is 5.82 Å². The molecule has 1 saturated heterocycles. The van der Waals surface area contributed by atoms with Crippen LogP contribution in [0.2, 0.25) is 0 Å². The summed E-state index contributed by atoms with van der Waals surface area (Å²) < 4.78 is 14.4. The summed E-state index contributed by atoms with van der Waals surface area (Å²) in [7, 11) is 0. The van der Waals surface area contributed by atoms with E-state index in [2.05, 4.69) is 26.9 Å². The molecule has 0 aliphatic carbocycles. The number of hydrogen-bond acceptors (Lipinski definition) is 2. The first-order chi connectivity index (χ1) is 11.1. The lowest BCUT2D eigenvalue weighted by atomic mass is 10.1. The third-order valence-corrected chi connectivity index (χ3v) is 4.86. The maximum absolute atomic E-state index is 13.3. The monoisotopic (exact) mass is 376 g/mol. The minimum absolute atomic E-state index is 0.0926. The molecule has 3 rings (SSSR count). The molecule has 3 nitrogen and oxygen atoms in total. The zero-order valence-electron chi connectivity index (χ0n) is 12.7. The van der Waals surface area contributed by atoms with E-state index in [1.54, 1.807) is 17.0 Å². The van der Waals surface area contributed by atoms with Crippen molar-refractivity contribution >= 4 is 21.8 Å². The lowest BCUT2D eigenvalue weighted by Gasteiger charge is -2.35. The Morgan fingerprint density at radius 3 is 2.48 bits per heavy atom. The predicted octanol–water partition coefficient (Wildman–Crippen LogP) is 3.55. The smallest absolute Gasteiger partial charge is 0.254 e. The number of carbonyl (C=O) groups is 1. The zero-order valence-corrected chi connectivity index (χ0v) is 14.3. The van der Waals surface area contributed by atoms with Crippen LogP contribution in [0.1, 0.15) is 15.9 Å². The van der Waals surface area contributed by atoms with Crippen molar-refractivity contribution in [2.45, 2.75) is 6.54 Å². The molecule has 1 aliphatic heterocycles. The molecule has 5 heteroatoms. The van der Waals surface area contributed by atoms with E-state index < -0.39 is 0 Å². The van der Waals surface area contributed by atoms with Crippen LogP contribution in [0, 0.1) is 5.82 Å². The summed E-state index contributed by atoms with van der Waals surface area (Å²) in [5.41, 5.74) is 1.67. The van der Waals surface area contributed by atoms with E-state index >= 15 is 0 Å². The van der Waals surface area contributed by atoms with Gasteiger partial charge in [0.25, 0.3) is 5.91 Å². The van der Waals surface area contributed by atoms with Gasteiger partial charge < -0.3 is 4.90 Å². The Labute approximate surface area is 143 Å². The van der Waals surface area contributed by atoms with Gasteiger partial charge in [-0.25, -0.2) is 4.39 Å². The third-order valence-electron chi connectivity index (χ3n) is 4.08. The van der Waals surface area contributed by atoms with Gasteiger partial charge in [-0.15, -0.1) is 0 Å². The van der Waals surface area contributed by atoms with Crippen molar-refractivity contribution in [1.29, 1.82) is 0 Å². The molecule has 120 valence electrons. The molecule has 0 radical (unpaired) electrons. The quantitative estimate of drug-likeness (QED) is 0.817. The van der Waals surface area contributed by atoms with E-state index in [0.717, 1.165) is 24.1 Å². The average molecular weight is 377 g/mol. The second-order valence-corrected chi connectivity index (χ2v) is 6.52. The number of amides is 1. The highest BCUT2D eigenvalue weighted by molar-refractivity contribution is 9.10. The van der Waals surface area contributed by atoms with Gasteiger partial charge in [-0.3, -0.25) is 9.69 Å². The molecule has 1 heterocycles. The van der Waals surface area contributed by atoms with Crippen molar-refractivity contribution in [3.8, 4) is 0 Å². The van der Waals surface area contributed by atoms with Gasteiger partial charge in [0.15, 0.2) is 0 Å². The lowest BCUT2D eigenvalue weighted by Crippen LogP contribution is -2.48.